The zero-order valence-corrected chi connectivity index (χ0v) is 14.6. The first-order valence-electron chi connectivity index (χ1n) is 8.03. The normalized spacial score (nSPS) is 18.7. The van der Waals surface area contributed by atoms with Gasteiger partial charge in [0.25, 0.3) is 0 Å². The van der Waals surface area contributed by atoms with E-state index in [4.69, 9.17) is 9.15 Å². The molecule has 0 radical (unpaired) electrons. The van der Waals surface area contributed by atoms with Gasteiger partial charge in [-0.2, -0.15) is 0 Å². The molecule has 8 heteroatoms. The summed E-state index contributed by atoms with van der Waals surface area (Å²) in [6.45, 7) is 5.30. The molecule has 1 aliphatic rings. The van der Waals surface area contributed by atoms with Crippen molar-refractivity contribution in [2.75, 3.05) is 19.8 Å². The van der Waals surface area contributed by atoms with Crippen LogP contribution in [0, 0.1) is 6.92 Å². The first kappa shape index (κ1) is 17.1. The molecule has 130 valence electrons. The highest BCUT2D eigenvalue weighted by atomic mass is 32.2. The van der Waals surface area contributed by atoms with Crippen LogP contribution in [-0.2, 0) is 14.8 Å². The van der Waals surface area contributed by atoms with Crippen LogP contribution in [0.4, 0.5) is 0 Å². The second kappa shape index (κ2) is 7.00. The molecule has 7 nitrogen and oxygen atoms in total. The quantitative estimate of drug-likeness (QED) is 0.888. The summed E-state index contributed by atoms with van der Waals surface area (Å²) >= 11 is 0. The number of hydrogen-bond acceptors (Lipinski definition) is 6. The van der Waals surface area contributed by atoms with Crippen molar-refractivity contribution in [3.8, 4) is 11.5 Å². The van der Waals surface area contributed by atoms with Gasteiger partial charge in [-0.15, -0.1) is 10.2 Å². The van der Waals surface area contributed by atoms with Crippen LogP contribution in [0.5, 0.6) is 0 Å². The van der Waals surface area contributed by atoms with Crippen molar-refractivity contribution < 1.29 is 17.6 Å². The predicted octanol–water partition coefficient (Wildman–Crippen LogP) is 2.24. The highest BCUT2D eigenvalue weighted by Gasteiger charge is 2.23. The molecular weight excluding hydrogens is 330 g/mol. The lowest BCUT2D eigenvalue weighted by molar-refractivity contribution is 0.0727. The van der Waals surface area contributed by atoms with Crippen molar-refractivity contribution in [3.05, 3.63) is 29.7 Å². The maximum Gasteiger partial charge on any atom is 0.248 e. The van der Waals surface area contributed by atoms with Gasteiger partial charge in [-0.25, -0.2) is 13.1 Å². The van der Waals surface area contributed by atoms with Gasteiger partial charge in [0, 0.05) is 18.7 Å². The van der Waals surface area contributed by atoms with Gasteiger partial charge in [0.05, 0.1) is 17.4 Å². The number of aromatic nitrogens is 2. The molecular formula is C16H21N3O4S. The van der Waals surface area contributed by atoms with Crippen LogP contribution in [0.15, 0.2) is 27.5 Å². The molecule has 0 spiro atoms. The van der Waals surface area contributed by atoms with Crippen molar-refractivity contribution in [2.24, 2.45) is 0 Å². The first-order chi connectivity index (χ1) is 11.5. The molecule has 1 aromatic heterocycles. The number of ether oxygens (including phenoxy) is 1. The molecule has 24 heavy (non-hydrogen) atoms. The van der Waals surface area contributed by atoms with E-state index in [0.717, 1.165) is 25.0 Å². The fourth-order valence-electron chi connectivity index (χ4n) is 2.72. The lowest BCUT2D eigenvalue weighted by Crippen LogP contribution is -2.23. The third-order valence-corrected chi connectivity index (χ3v) is 5.58. The molecule has 1 N–H and O–H groups in total. The topological polar surface area (TPSA) is 94.3 Å². The minimum absolute atomic E-state index is 0.106. The van der Waals surface area contributed by atoms with Gasteiger partial charge in [0.15, 0.2) is 0 Å². The average Bonchev–Trinajstić information content (AvgIpc) is 3.05. The molecule has 0 saturated carbocycles. The van der Waals surface area contributed by atoms with E-state index < -0.39 is 10.0 Å². The lowest BCUT2D eigenvalue weighted by Gasteiger charge is -2.18. The number of hydrogen-bond donors (Lipinski definition) is 1. The Bertz CT molecular complexity index is 810. The summed E-state index contributed by atoms with van der Waals surface area (Å²) in [7, 11) is -3.53. The second-order valence-corrected chi connectivity index (χ2v) is 7.60. The maximum atomic E-state index is 12.2. The SMILES string of the molecule is CCNS(=O)(=O)c1ccc(C)c(-c2nnc(C3CCCOC3)o2)c1. The Morgan fingerprint density at radius 2 is 2.17 bits per heavy atom. The van der Waals surface area contributed by atoms with Gasteiger partial charge >= 0.3 is 0 Å². The smallest absolute Gasteiger partial charge is 0.248 e. The Kier molecular flexibility index (Phi) is 4.98. The zero-order chi connectivity index (χ0) is 17.2. The third-order valence-electron chi connectivity index (χ3n) is 4.03. The highest BCUT2D eigenvalue weighted by Crippen LogP contribution is 2.29. The Balaban J connectivity index is 1.93. The molecule has 1 unspecified atom stereocenters. The summed E-state index contributed by atoms with van der Waals surface area (Å²) in [5, 5.41) is 8.23. The van der Waals surface area contributed by atoms with E-state index in [9.17, 15) is 8.42 Å². The molecule has 2 heterocycles. The maximum absolute atomic E-state index is 12.2. The molecule has 2 aromatic rings. The van der Waals surface area contributed by atoms with E-state index in [-0.39, 0.29) is 10.8 Å². The van der Waals surface area contributed by atoms with E-state index in [0.29, 0.717) is 30.5 Å². The Morgan fingerprint density at radius 1 is 1.33 bits per heavy atom. The van der Waals surface area contributed by atoms with Crippen LogP contribution in [-0.4, -0.2) is 38.4 Å². The highest BCUT2D eigenvalue weighted by molar-refractivity contribution is 7.89. The van der Waals surface area contributed by atoms with Crippen molar-refractivity contribution in [1.29, 1.82) is 0 Å². The molecule has 3 rings (SSSR count). The van der Waals surface area contributed by atoms with Crippen molar-refractivity contribution in [3.63, 3.8) is 0 Å². The van der Waals surface area contributed by atoms with E-state index in [1.807, 2.05) is 6.92 Å². The van der Waals surface area contributed by atoms with Crippen molar-refractivity contribution in [2.45, 2.75) is 37.5 Å². The van der Waals surface area contributed by atoms with Crippen LogP contribution in [0.2, 0.25) is 0 Å². The number of sulfonamides is 1. The summed E-state index contributed by atoms with van der Waals surface area (Å²) in [6.07, 6.45) is 1.92. The fraction of sp³-hybridized carbons (Fsp3) is 0.500. The first-order valence-corrected chi connectivity index (χ1v) is 9.51. The minimum Gasteiger partial charge on any atom is -0.420 e. The second-order valence-electron chi connectivity index (χ2n) is 5.84. The van der Waals surface area contributed by atoms with Crippen LogP contribution in [0.25, 0.3) is 11.5 Å². The van der Waals surface area contributed by atoms with Gasteiger partial charge in [-0.1, -0.05) is 13.0 Å². The van der Waals surface area contributed by atoms with Gasteiger partial charge < -0.3 is 9.15 Å². The van der Waals surface area contributed by atoms with Crippen LogP contribution < -0.4 is 4.72 Å². The standard InChI is InChI=1S/C16H21N3O4S/c1-3-17-24(20,21)13-7-6-11(2)14(9-13)16-19-18-15(23-16)12-5-4-8-22-10-12/h6-7,9,12,17H,3-5,8,10H2,1-2H3. The molecule has 1 aliphatic heterocycles. The molecule has 0 amide bonds. The van der Waals surface area contributed by atoms with E-state index in [2.05, 4.69) is 14.9 Å². The largest absolute Gasteiger partial charge is 0.420 e. The minimum atomic E-state index is -3.53. The van der Waals surface area contributed by atoms with Crippen LogP contribution >= 0.6 is 0 Å². The Morgan fingerprint density at radius 3 is 2.88 bits per heavy atom. The average molecular weight is 351 g/mol. The number of benzene rings is 1. The van der Waals surface area contributed by atoms with Gasteiger partial charge in [-0.3, -0.25) is 0 Å². The lowest BCUT2D eigenvalue weighted by atomic mass is 10.0. The molecule has 0 aliphatic carbocycles. The Labute approximate surface area is 141 Å². The number of nitrogens with zero attached hydrogens (tertiary/aromatic N) is 2. The van der Waals surface area contributed by atoms with E-state index >= 15 is 0 Å². The monoisotopic (exact) mass is 351 g/mol. The molecule has 1 aromatic carbocycles. The third kappa shape index (κ3) is 3.50. The van der Waals surface area contributed by atoms with Gasteiger partial charge in [0.2, 0.25) is 21.8 Å². The van der Waals surface area contributed by atoms with E-state index in [1.165, 1.54) is 0 Å². The summed E-state index contributed by atoms with van der Waals surface area (Å²) in [6, 6.07) is 4.89. The Hall–Kier alpha value is -1.77. The zero-order valence-electron chi connectivity index (χ0n) is 13.8. The van der Waals surface area contributed by atoms with E-state index in [1.54, 1.807) is 25.1 Å². The summed E-state index contributed by atoms with van der Waals surface area (Å²) in [5.74, 6) is 0.986. The van der Waals surface area contributed by atoms with Crippen molar-refractivity contribution in [1.82, 2.24) is 14.9 Å². The number of rotatable bonds is 5. The number of aryl methyl sites for hydroxylation is 1. The van der Waals surface area contributed by atoms with Gasteiger partial charge in [0.1, 0.15) is 0 Å². The molecule has 1 atom stereocenters. The van der Waals surface area contributed by atoms with Crippen LogP contribution in [0.1, 0.15) is 37.1 Å². The fourth-order valence-corrected chi connectivity index (χ4v) is 3.78. The van der Waals surface area contributed by atoms with Gasteiger partial charge in [-0.05, 0) is 37.5 Å². The van der Waals surface area contributed by atoms with Crippen molar-refractivity contribution >= 4 is 10.0 Å². The molecule has 0 bridgehead atoms. The summed E-state index contributed by atoms with van der Waals surface area (Å²) in [4.78, 5) is 0.186. The summed E-state index contributed by atoms with van der Waals surface area (Å²) in [5.41, 5.74) is 1.50. The molecule has 1 saturated heterocycles. The predicted molar refractivity (Wildman–Crippen MR) is 88.1 cm³/mol. The summed E-state index contributed by atoms with van der Waals surface area (Å²) < 4.78 is 38.1. The number of nitrogens with one attached hydrogen (secondary N) is 1. The molecule has 1 fully saturated rings. The van der Waals surface area contributed by atoms with Crippen LogP contribution in [0.3, 0.4) is 0 Å².